The number of anilines is 1. The summed E-state index contributed by atoms with van der Waals surface area (Å²) in [6.07, 6.45) is 4.99. The first-order chi connectivity index (χ1) is 8.13. The van der Waals surface area contributed by atoms with E-state index >= 15 is 0 Å². The number of rotatable bonds is 3. The summed E-state index contributed by atoms with van der Waals surface area (Å²) < 4.78 is 0. The third-order valence-electron chi connectivity index (χ3n) is 3.04. The SMILES string of the molecule is N#Cc1sc(NCC2(O)CCCCC2)nc1Cl. The third kappa shape index (κ3) is 3.09. The van der Waals surface area contributed by atoms with Crippen LogP contribution in [0.5, 0.6) is 0 Å². The summed E-state index contributed by atoms with van der Waals surface area (Å²) in [4.78, 5) is 4.44. The fourth-order valence-corrected chi connectivity index (χ4v) is 3.02. The molecule has 6 heteroatoms. The molecule has 0 atom stereocenters. The van der Waals surface area contributed by atoms with Gasteiger partial charge in [-0.1, -0.05) is 42.2 Å². The fraction of sp³-hybridized carbons (Fsp3) is 0.636. The molecule has 17 heavy (non-hydrogen) atoms. The zero-order valence-corrected chi connectivity index (χ0v) is 10.9. The summed E-state index contributed by atoms with van der Waals surface area (Å²) in [5.41, 5.74) is -0.636. The van der Waals surface area contributed by atoms with Gasteiger partial charge in [0.05, 0.1) is 5.60 Å². The highest BCUT2D eigenvalue weighted by Crippen LogP contribution is 2.30. The van der Waals surface area contributed by atoms with Gasteiger partial charge in [0.15, 0.2) is 10.3 Å². The van der Waals surface area contributed by atoms with E-state index < -0.39 is 5.60 Å². The van der Waals surface area contributed by atoms with Gasteiger partial charge in [0, 0.05) is 6.54 Å². The van der Waals surface area contributed by atoms with Gasteiger partial charge in [-0.3, -0.25) is 0 Å². The number of thiazole rings is 1. The van der Waals surface area contributed by atoms with Crippen molar-refractivity contribution in [1.29, 1.82) is 5.26 Å². The van der Waals surface area contributed by atoms with Crippen LogP contribution >= 0.6 is 22.9 Å². The maximum atomic E-state index is 10.3. The summed E-state index contributed by atoms with van der Waals surface area (Å²) in [6, 6.07) is 1.98. The van der Waals surface area contributed by atoms with Crippen molar-refractivity contribution in [2.45, 2.75) is 37.7 Å². The van der Waals surface area contributed by atoms with Crippen LogP contribution in [-0.2, 0) is 0 Å². The molecular formula is C11H14ClN3OS. The van der Waals surface area contributed by atoms with Gasteiger partial charge in [-0.25, -0.2) is 4.98 Å². The maximum Gasteiger partial charge on any atom is 0.185 e. The van der Waals surface area contributed by atoms with Crippen LogP contribution < -0.4 is 5.32 Å². The van der Waals surface area contributed by atoms with E-state index in [1.807, 2.05) is 6.07 Å². The van der Waals surface area contributed by atoms with Crippen molar-refractivity contribution in [3.8, 4) is 6.07 Å². The standard InChI is InChI=1S/C11H14ClN3OS/c12-9-8(6-13)17-10(15-9)14-7-11(16)4-2-1-3-5-11/h16H,1-5,7H2,(H,14,15). The highest BCUT2D eigenvalue weighted by Gasteiger charge is 2.29. The number of nitrogens with one attached hydrogen (secondary N) is 1. The Morgan fingerprint density at radius 2 is 2.18 bits per heavy atom. The van der Waals surface area contributed by atoms with Gasteiger partial charge < -0.3 is 10.4 Å². The van der Waals surface area contributed by atoms with Crippen LogP contribution in [0.2, 0.25) is 5.15 Å². The average molecular weight is 272 g/mol. The van der Waals surface area contributed by atoms with Crippen molar-refractivity contribution in [1.82, 2.24) is 4.98 Å². The Morgan fingerprint density at radius 3 is 2.76 bits per heavy atom. The zero-order valence-electron chi connectivity index (χ0n) is 9.37. The molecule has 1 aromatic heterocycles. The first-order valence-corrected chi connectivity index (χ1v) is 6.85. The lowest BCUT2D eigenvalue weighted by molar-refractivity contribution is 0.0167. The molecule has 0 aliphatic heterocycles. The normalized spacial score (nSPS) is 18.6. The van der Waals surface area contributed by atoms with Crippen LogP contribution in [0.3, 0.4) is 0 Å². The second-order valence-corrected chi connectivity index (χ2v) is 5.75. The van der Waals surface area contributed by atoms with Gasteiger partial charge in [0.2, 0.25) is 0 Å². The smallest absolute Gasteiger partial charge is 0.185 e. The first kappa shape index (κ1) is 12.6. The molecule has 0 saturated heterocycles. The van der Waals surface area contributed by atoms with Crippen molar-refractivity contribution in [3.05, 3.63) is 10.0 Å². The van der Waals surface area contributed by atoms with Gasteiger partial charge in [0.1, 0.15) is 10.9 Å². The zero-order chi connectivity index (χ0) is 12.3. The van der Waals surface area contributed by atoms with Gasteiger partial charge in [-0.15, -0.1) is 0 Å². The number of nitrogens with zero attached hydrogens (tertiary/aromatic N) is 2. The first-order valence-electron chi connectivity index (χ1n) is 5.66. The molecule has 1 aliphatic carbocycles. The number of halogens is 1. The molecular weight excluding hydrogens is 258 g/mol. The van der Waals surface area contributed by atoms with Crippen molar-refractivity contribution in [2.24, 2.45) is 0 Å². The van der Waals surface area contributed by atoms with E-state index in [-0.39, 0.29) is 5.15 Å². The van der Waals surface area contributed by atoms with Crippen LogP contribution in [0, 0.1) is 11.3 Å². The molecule has 1 aliphatic rings. The maximum absolute atomic E-state index is 10.3. The van der Waals surface area contributed by atoms with Crippen molar-refractivity contribution >= 4 is 28.1 Å². The molecule has 2 rings (SSSR count). The van der Waals surface area contributed by atoms with E-state index in [9.17, 15) is 5.11 Å². The summed E-state index contributed by atoms with van der Waals surface area (Å²) in [6.45, 7) is 0.474. The van der Waals surface area contributed by atoms with Gasteiger partial charge >= 0.3 is 0 Å². The Balaban J connectivity index is 1.95. The minimum Gasteiger partial charge on any atom is -0.388 e. The molecule has 0 spiro atoms. The Labute approximate surface area is 109 Å². The lowest BCUT2D eigenvalue weighted by Gasteiger charge is -2.31. The topological polar surface area (TPSA) is 68.9 Å². The van der Waals surface area contributed by atoms with Gasteiger partial charge in [-0.05, 0) is 12.8 Å². The lowest BCUT2D eigenvalue weighted by Crippen LogP contribution is -2.38. The number of aliphatic hydroxyl groups is 1. The predicted octanol–water partition coefficient (Wildman–Crippen LogP) is 2.78. The Kier molecular flexibility index (Phi) is 3.87. The molecule has 1 heterocycles. The van der Waals surface area contributed by atoms with Gasteiger partial charge in [0.25, 0.3) is 0 Å². The Bertz CT molecular complexity index is 434. The molecule has 0 amide bonds. The molecule has 92 valence electrons. The minimum atomic E-state index is -0.636. The van der Waals surface area contributed by atoms with E-state index in [0.717, 1.165) is 25.7 Å². The summed E-state index contributed by atoms with van der Waals surface area (Å²) in [5.74, 6) is 0. The van der Waals surface area contributed by atoms with Gasteiger partial charge in [-0.2, -0.15) is 5.26 Å². The van der Waals surface area contributed by atoms with E-state index in [4.69, 9.17) is 16.9 Å². The average Bonchev–Trinajstić information content (AvgIpc) is 2.68. The lowest BCUT2D eigenvalue weighted by atomic mass is 9.85. The van der Waals surface area contributed by atoms with Crippen molar-refractivity contribution in [2.75, 3.05) is 11.9 Å². The van der Waals surface area contributed by atoms with Crippen molar-refractivity contribution < 1.29 is 5.11 Å². The van der Waals surface area contributed by atoms with E-state index in [1.165, 1.54) is 17.8 Å². The van der Waals surface area contributed by atoms with Crippen LogP contribution in [-0.4, -0.2) is 22.2 Å². The quantitative estimate of drug-likeness (QED) is 0.887. The largest absolute Gasteiger partial charge is 0.388 e. The second-order valence-electron chi connectivity index (χ2n) is 4.39. The van der Waals surface area contributed by atoms with Crippen LogP contribution in [0.4, 0.5) is 5.13 Å². The molecule has 0 aromatic carbocycles. The van der Waals surface area contributed by atoms with Crippen LogP contribution in [0.15, 0.2) is 0 Å². The van der Waals surface area contributed by atoms with Crippen LogP contribution in [0.1, 0.15) is 37.0 Å². The molecule has 0 radical (unpaired) electrons. The number of aromatic nitrogens is 1. The summed E-state index contributed by atoms with van der Waals surface area (Å²) in [7, 11) is 0. The summed E-state index contributed by atoms with van der Waals surface area (Å²) in [5, 5.41) is 22.9. The molecule has 0 bridgehead atoms. The van der Waals surface area contributed by atoms with E-state index in [1.54, 1.807) is 0 Å². The van der Waals surface area contributed by atoms with E-state index in [0.29, 0.717) is 16.6 Å². The highest BCUT2D eigenvalue weighted by atomic mass is 35.5. The number of nitriles is 1. The summed E-state index contributed by atoms with van der Waals surface area (Å²) >= 11 is 7.00. The van der Waals surface area contributed by atoms with Crippen molar-refractivity contribution in [3.63, 3.8) is 0 Å². The number of hydrogen-bond acceptors (Lipinski definition) is 5. The number of hydrogen-bond donors (Lipinski definition) is 2. The Hall–Kier alpha value is -0.830. The molecule has 4 nitrogen and oxygen atoms in total. The highest BCUT2D eigenvalue weighted by molar-refractivity contribution is 7.16. The third-order valence-corrected chi connectivity index (χ3v) is 4.34. The second kappa shape index (κ2) is 5.21. The molecule has 2 N–H and O–H groups in total. The van der Waals surface area contributed by atoms with Crippen LogP contribution in [0.25, 0.3) is 0 Å². The van der Waals surface area contributed by atoms with E-state index in [2.05, 4.69) is 10.3 Å². The molecule has 1 saturated carbocycles. The minimum absolute atomic E-state index is 0.232. The fourth-order valence-electron chi connectivity index (χ4n) is 2.07. The molecule has 1 fully saturated rings. The monoisotopic (exact) mass is 271 g/mol. The molecule has 0 unspecified atom stereocenters. The molecule has 1 aromatic rings. The predicted molar refractivity (Wildman–Crippen MR) is 68.4 cm³/mol. The Morgan fingerprint density at radius 1 is 1.47 bits per heavy atom.